The Bertz CT molecular complexity index is 888. The van der Waals surface area contributed by atoms with E-state index in [0.717, 1.165) is 34.5 Å². The van der Waals surface area contributed by atoms with E-state index in [1.807, 2.05) is 13.8 Å². The summed E-state index contributed by atoms with van der Waals surface area (Å²) in [6.07, 6.45) is 5.20. The zero-order valence-electron chi connectivity index (χ0n) is 14.5. The minimum atomic E-state index is -0.763. The number of nitrogens with zero attached hydrogens (tertiary/aromatic N) is 2. The number of carboxylic acid groups (broad SMARTS) is 1. The summed E-state index contributed by atoms with van der Waals surface area (Å²) < 4.78 is 0. The van der Waals surface area contributed by atoms with E-state index in [-0.39, 0.29) is 5.56 Å². The van der Waals surface area contributed by atoms with Gasteiger partial charge in [0.05, 0.1) is 11.9 Å². The molecule has 1 saturated carbocycles. The molecule has 1 aliphatic carbocycles. The van der Waals surface area contributed by atoms with Gasteiger partial charge in [-0.05, 0) is 44.6 Å². The molecule has 0 bridgehead atoms. The molecule has 1 saturated heterocycles. The topological polar surface area (TPSA) is 86.3 Å². The van der Waals surface area contributed by atoms with Crippen molar-refractivity contribution in [2.75, 3.05) is 0 Å². The quantitative estimate of drug-likeness (QED) is 0.878. The van der Waals surface area contributed by atoms with Crippen molar-refractivity contribution in [2.45, 2.75) is 64.6 Å². The number of nitrogens with one attached hydrogen (secondary N) is 1. The molecule has 25 heavy (non-hydrogen) atoms. The Morgan fingerprint density at radius 1 is 1.36 bits per heavy atom. The van der Waals surface area contributed by atoms with E-state index in [1.54, 1.807) is 0 Å². The lowest BCUT2D eigenvalue weighted by Crippen LogP contribution is -2.42. The molecule has 0 amide bonds. The normalized spacial score (nSPS) is 26.9. The number of aryl methyl sites for hydroxylation is 2. The number of aromatic amines is 1. The molecule has 6 nitrogen and oxygen atoms in total. The maximum atomic E-state index is 12.5. The van der Waals surface area contributed by atoms with Crippen molar-refractivity contribution in [3.8, 4) is 0 Å². The van der Waals surface area contributed by atoms with Crippen LogP contribution in [-0.2, 0) is 11.3 Å². The van der Waals surface area contributed by atoms with Gasteiger partial charge in [-0.15, -0.1) is 11.3 Å². The first-order chi connectivity index (χ1) is 12.0. The number of hydrogen-bond donors (Lipinski definition) is 2. The van der Waals surface area contributed by atoms with Gasteiger partial charge < -0.3 is 10.1 Å². The van der Waals surface area contributed by atoms with Crippen LogP contribution in [0.2, 0.25) is 0 Å². The maximum Gasteiger partial charge on any atom is 0.320 e. The molecule has 4 rings (SSSR count). The number of likely N-dealkylation sites (tertiary alicyclic amines) is 1. The number of hydrogen-bond acceptors (Lipinski definition) is 5. The summed E-state index contributed by atoms with van der Waals surface area (Å²) in [6, 6.07) is -0.177. The average Bonchev–Trinajstić information content (AvgIpc) is 3.06. The van der Waals surface area contributed by atoms with Gasteiger partial charge in [0, 0.05) is 10.9 Å². The van der Waals surface area contributed by atoms with Gasteiger partial charge in [-0.3, -0.25) is 14.5 Å². The number of rotatable bonds is 3. The van der Waals surface area contributed by atoms with E-state index >= 15 is 0 Å². The van der Waals surface area contributed by atoms with Crippen molar-refractivity contribution >= 4 is 27.5 Å². The summed E-state index contributed by atoms with van der Waals surface area (Å²) in [5, 5.41) is 10.3. The third kappa shape index (κ3) is 2.79. The van der Waals surface area contributed by atoms with Crippen LogP contribution in [0.4, 0.5) is 0 Å². The van der Waals surface area contributed by atoms with Crippen LogP contribution in [0.25, 0.3) is 10.2 Å². The summed E-state index contributed by atoms with van der Waals surface area (Å²) in [4.78, 5) is 35.7. The van der Waals surface area contributed by atoms with E-state index in [0.29, 0.717) is 36.1 Å². The summed E-state index contributed by atoms with van der Waals surface area (Å²) in [5.41, 5.74) is 0.866. The molecule has 134 valence electrons. The maximum absolute atomic E-state index is 12.5. The smallest absolute Gasteiger partial charge is 0.320 e. The molecule has 2 fully saturated rings. The van der Waals surface area contributed by atoms with Gasteiger partial charge in [0.2, 0.25) is 0 Å². The number of H-pyrrole nitrogens is 1. The molecule has 3 unspecified atom stereocenters. The predicted molar refractivity (Wildman–Crippen MR) is 97.0 cm³/mol. The Hall–Kier alpha value is -1.73. The highest BCUT2D eigenvalue weighted by Crippen LogP contribution is 2.40. The van der Waals surface area contributed by atoms with Crippen molar-refractivity contribution in [2.24, 2.45) is 5.92 Å². The van der Waals surface area contributed by atoms with E-state index in [9.17, 15) is 14.7 Å². The summed E-state index contributed by atoms with van der Waals surface area (Å²) in [6.45, 7) is 4.34. The number of carbonyl (C=O) groups is 1. The lowest BCUT2D eigenvalue weighted by Gasteiger charge is -2.32. The number of aromatic nitrogens is 2. The van der Waals surface area contributed by atoms with E-state index in [2.05, 4.69) is 14.9 Å². The van der Waals surface area contributed by atoms with Crippen molar-refractivity contribution in [1.29, 1.82) is 0 Å². The van der Waals surface area contributed by atoms with Crippen LogP contribution in [0.15, 0.2) is 4.79 Å². The Morgan fingerprint density at radius 3 is 2.88 bits per heavy atom. The van der Waals surface area contributed by atoms with Crippen LogP contribution in [0.1, 0.15) is 48.4 Å². The first-order valence-electron chi connectivity index (χ1n) is 8.93. The number of aliphatic carboxylic acids is 1. The molecule has 2 N–H and O–H groups in total. The number of fused-ring (bicyclic) bond motifs is 2. The second-order valence-corrected chi connectivity index (χ2v) is 8.55. The van der Waals surface area contributed by atoms with Crippen LogP contribution in [-0.4, -0.2) is 38.0 Å². The van der Waals surface area contributed by atoms with E-state index in [4.69, 9.17) is 0 Å². The second-order valence-electron chi connectivity index (χ2n) is 7.35. The van der Waals surface area contributed by atoms with E-state index < -0.39 is 12.0 Å². The molecule has 0 radical (unpaired) electrons. The van der Waals surface area contributed by atoms with Crippen molar-refractivity contribution in [3.63, 3.8) is 0 Å². The largest absolute Gasteiger partial charge is 0.480 e. The van der Waals surface area contributed by atoms with Gasteiger partial charge >= 0.3 is 5.97 Å². The monoisotopic (exact) mass is 361 g/mol. The first kappa shape index (κ1) is 16.7. The minimum Gasteiger partial charge on any atom is -0.480 e. The highest BCUT2D eigenvalue weighted by Gasteiger charge is 2.45. The Morgan fingerprint density at radius 2 is 2.12 bits per heavy atom. The van der Waals surface area contributed by atoms with Crippen LogP contribution < -0.4 is 5.56 Å². The van der Waals surface area contributed by atoms with Gasteiger partial charge in [-0.1, -0.05) is 12.8 Å². The lowest BCUT2D eigenvalue weighted by molar-refractivity contribution is -0.142. The molecule has 3 atom stereocenters. The Kier molecular flexibility index (Phi) is 4.16. The third-order valence-corrected chi connectivity index (χ3v) is 7.03. The summed E-state index contributed by atoms with van der Waals surface area (Å²) in [5.74, 6) is 0.272. The van der Waals surface area contributed by atoms with Crippen molar-refractivity contribution < 1.29 is 9.90 Å². The van der Waals surface area contributed by atoms with Gasteiger partial charge in [0.1, 0.15) is 16.7 Å². The molecule has 0 spiro atoms. The highest BCUT2D eigenvalue weighted by atomic mass is 32.1. The molecule has 2 aromatic rings. The second kappa shape index (κ2) is 6.21. The average molecular weight is 361 g/mol. The molecule has 0 aromatic carbocycles. The highest BCUT2D eigenvalue weighted by molar-refractivity contribution is 7.18. The third-order valence-electron chi connectivity index (χ3n) is 5.93. The zero-order chi connectivity index (χ0) is 17.7. The van der Waals surface area contributed by atoms with Gasteiger partial charge in [-0.2, -0.15) is 0 Å². The molecule has 1 aliphatic heterocycles. The predicted octanol–water partition coefficient (Wildman–Crippen LogP) is 2.82. The molecule has 7 heteroatoms. The zero-order valence-corrected chi connectivity index (χ0v) is 15.4. The molecule has 3 heterocycles. The fourth-order valence-corrected chi connectivity index (χ4v) is 5.62. The van der Waals surface area contributed by atoms with Crippen molar-refractivity contribution in [1.82, 2.24) is 14.9 Å². The van der Waals surface area contributed by atoms with Crippen LogP contribution >= 0.6 is 11.3 Å². The van der Waals surface area contributed by atoms with Crippen LogP contribution in [0.5, 0.6) is 0 Å². The van der Waals surface area contributed by atoms with Gasteiger partial charge in [0.25, 0.3) is 5.56 Å². The number of thiophene rings is 1. The molecule has 2 aromatic heterocycles. The van der Waals surface area contributed by atoms with Crippen LogP contribution in [0.3, 0.4) is 0 Å². The SMILES string of the molecule is Cc1sc2nc(CN3C(C(=O)O)CC4CCCCC43)[nH]c(=O)c2c1C. The molecular weight excluding hydrogens is 338 g/mol. The lowest BCUT2D eigenvalue weighted by atomic mass is 9.85. The fourth-order valence-electron chi connectivity index (χ4n) is 4.57. The molecular formula is C18H23N3O3S. The number of carboxylic acids is 1. The molecule has 2 aliphatic rings. The van der Waals surface area contributed by atoms with Gasteiger partial charge in [0.15, 0.2) is 0 Å². The van der Waals surface area contributed by atoms with Gasteiger partial charge in [-0.25, -0.2) is 4.98 Å². The van der Waals surface area contributed by atoms with E-state index in [1.165, 1.54) is 17.8 Å². The first-order valence-corrected chi connectivity index (χ1v) is 9.74. The standard InChI is InChI=1S/C18H23N3O3S/c1-9-10(2)25-17-15(9)16(22)19-14(20-17)8-21-12-6-4-3-5-11(12)7-13(21)18(23)24/h11-13H,3-8H2,1-2H3,(H,23,24)(H,19,20,22). The Balaban J connectivity index is 1.69. The Labute approximate surface area is 149 Å². The summed E-state index contributed by atoms with van der Waals surface area (Å²) >= 11 is 1.53. The summed E-state index contributed by atoms with van der Waals surface area (Å²) in [7, 11) is 0. The van der Waals surface area contributed by atoms with Crippen molar-refractivity contribution in [3.05, 3.63) is 26.6 Å². The minimum absolute atomic E-state index is 0.117. The van der Waals surface area contributed by atoms with Crippen LogP contribution in [0, 0.1) is 19.8 Å². The fraction of sp³-hybridized carbons (Fsp3) is 0.611.